The number of likely N-dealkylation sites (tertiary alicyclic amines) is 1. The fraction of sp³-hybridized carbons (Fsp3) is 0.789. The van der Waals surface area contributed by atoms with Gasteiger partial charge in [-0.15, -0.1) is 0 Å². The van der Waals surface area contributed by atoms with Crippen molar-refractivity contribution in [1.29, 1.82) is 0 Å². The topological polar surface area (TPSA) is 67.4 Å². The fourth-order valence-electron chi connectivity index (χ4n) is 2.83. The van der Waals surface area contributed by atoms with Crippen molar-refractivity contribution in [3.8, 4) is 0 Å². The largest absolute Gasteiger partial charge is 0.444 e. The minimum atomic E-state index is -1.81. The number of carbonyl (C=O) groups excluding carboxylic acids is 1. The summed E-state index contributed by atoms with van der Waals surface area (Å²) in [6.07, 6.45) is 4.07. The molecule has 1 aliphatic heterocycles. The maximum absolute atomic E-state index is 12.7. The van der Waals surface area contributed by atoms with Gasteiger partial charge in [-0.3, -0.25) is 4.90 Å². The molecule has 2 atom stereocenters. The first-order chi connectivity index (χ1) is 11.8. The zero-order chi connectivity index (χ0) is 19.8. The van der Waals surface area contributed by atoms with Crippen molar-refractivity contribution in [2.75, 3.05) is 13.2 Å². The Morgan fingerprint density at radius 3 is 2.46 bits per heavy atom. The van der Waals surface area contributed by atoms with Crippen molar-refractivity contribution < 1.29 is 14.0 Å². The molecule has 2 rings (SSSR count). The van der Waals surface area contributed by atoms with Gasteiger partial charge < -0.3 is 14.1 Å². The molecule has 26 heavy (non-hydrogen) atoms. The smallest absolute Gasteiger partial charge is 0.410 e. The van der Waals surface area contributed by atoms with Crippen LogP contribution in [0.2, 0.25) is 18.1 Å². The SMILES string of the molecule is CC(C)(C)OC(=O)N1CC(CO[Si](C)(C)C(C)(C)C)CC1c1ncc[nH]1. The molecule has 7 heteroatoms. The van der Waals surface area contributed by atoms with Gasteiger partial charge in [-0.2, -0.15) is 0 Å². The minimum absolute atomic E-state index is 0.0899. The van der Waals surface area contributed by atoms with Gasteiger partial charge in [0.05, 0.1) is 6.04 Å². The molecule has 1 fully saturated rings. The minimum Gasteiger partial charge on any atom is -0.444 e. The second-order valence-corrected chi connectivity index (χ2v) is 14.6. The van der Waals surface area contributed by atoms with Gasteiger partial charge in [0.15, 0.2) is 8.32 Å². The number of carbonyl (C=O) groups is 1. The van der Waals surface area contributed by atoms with Crippen LogP contribution in [0.3, 0.4) is 0 Å². The molecule has 1 aromatic heterocycles. The van der Waals surface area contributed by atoms with Gasteiger partial charge in [-0.25, -0.2) is 9.78 Å². The van der Waals surface area contributed by atoms with Crippen LogP contribution in [0.4, 0.5) is 4.79 Å². The fourth-order valence-corrected chi connectivity index (χ4v) is 3.91. The lowest BCUT2D eigenvalue weighted by Crippen LogP contribution is -2.42. The zero-order valence-electron chi connectivity index (χ0n) is 17.5. The number of amides is 1. The maximum atomic E-state index is 12.7. The summed E-state index contributed by atoms with van der Waals surface area (Å²) in [4.78, 5) is 22.0. The monoisotopic (exact) mass is 381 g/mol. The third kappa shape index (κ3) is 5.10. The molecule has 0 aromatic carbocycles. The molecule has 6 nitrogen and oxygen atoms in total. The first-order valence-electron chi connectivity index (χ1n) is 9.43. The van der Waals surface area contributed by atoms with Gasteiger partial charge in [-0.1, -0.05) is 20.8 Å². The second-order valence-electron chi connectivity index (χ2n) is 9.80. The van der Waals surface area contributed by atoms with Crippen molar-refractivity contribution in [3.63, 3.8) is 0 Å². The van der Waals surface area contributed by atoms with Crippen LogP contribution >= 0.6 is 0 Å². The molecule has 0 spiro atoms. The molecule has 1 saturated heterocycles. The molecule has 2 unspecified atom stereocenters. The highest BCUT2D eigenvalue weighted by Crippen LogP contribution is 2.39. The summed E-state index contributed by atoms with van der Waals surface area (Å²) in [6, 6.07) is -0.0899. The third-order valence-electron chi connectivity index (χ3n) is 5.34. The van der Waals surface area contributed by atoms with Gasteiger partial charge >= 0.3 is 6.09 Å². The number of imidazole rings is 1. The standard InChI is InChI=1S/C19H35N3O3Si/c1-18(2,3)25-17(23)22-12-14(11-15(22)16-20-9-10-21-16)13-24-26(7,8)19(4,5)6/h9-10,14-15H,11-13H2,1-8H3,(H,20,21). The Balaban J connectivity index is 2.09. The average molecular weight is 382 g/mol. The van der Waals surface area contributed by atoms with E-state index in [0.717, 1.165) is 12.2 Å². The molecular weight excluding hydrogens is 346 g/mol. The summed E-state index contributed by atoms with van der Waals surface area (Å²) < 4.78 is 12.0. The molecule has 1 aliphatic rings. The van der Waals surface area contributed by atoms with Crippen molar-refractivity contribution in [1.82, 2.24) is 14.9 Å². The lowest BCUT2D eigenvalue weighted by Gasteiger charge is -2.37. The number of H-pyrrole nitrogens is 1. The highest BCUT2D eigenvalue weighted by atomic mass is 28.4. The Labute approximate surface area is 158 Å². The van der Waals surface area contributed by atoms with Gasteiger partial charge in [0.2, 0.25) is 0 Å². The molecule has 0 bridgehead atoms. The van der Waals surface area contributed by atoms with E-state index in [2.05, 4.69) is 43.8 Å². The van der Waals surface area contributed by atoms with Gasteiger partial charge in [0.25, 0.3) is 0 Å². The van der Waals surface area contributed by atoms with Crippen molar-refractivity contribution >= 4 is 14.4 Å². The van der Waals surface area contributed by atoms with E-state index in [1.165, 1.54) is 0 Å². The Morgan fingerprint density at radius 2 is 1.96 bits per heavy atom. The summed E-state index contributed by atoms with van der Waals surface area (Å²) in [6.45, 7) is 18.2. The predicted octanol–water partition coefficient (Wildman–Crippen LogP) is 4.73. The maximum Gasteiger partial charge on any atom is 0.410 e. The van der Waals surface area contributed by atoms with Gasteiger partial charge in [-0.05, 0) is 45.3 Å². The average Bonchev–Trinajstić information content (AvgIpc) is 3.11. The Bertz CT molecular complexity index is 603. The van der Waals surface area contributed by atoms with Crippen LogP contribution in [-0.4, -0.2) is 48.0 Å². The van der Waals surface area contributed by atoms with Crippen LogP contribution in [-0.2, 0) is 9.16 Å². The summed E-state index contributed by atoms with van der Waals surface area (Å²) in [5, 5.41) is 0.177. The number of rotatable bonds is 4. The molecule has 0 aliphatic carbocycles. The number of aromatic amines is 1. The van der Waals surface area contributed by atoms with Crippen molar-refractivity contribution in [3.05, 3.63) is 18.2 Å². The molecule has 1 N–H and O–H groups in total. The molecule has 0 radical (unpaired) electrons. The van der Waals surface area contributed by atoms with Gasteiger partial charge in [0, 0.05) is 31.5 Å². The van der Waals surface area contributed by atoms with Crippen molar-refractivity contribution in [2.24, 2.45) is 5.92 Å². The summed E-state index contributed by atoms with van der Waals surface area (Å²) in [7, 11) is -1.81. The van der Waals surface area contributed by atoms with Crippen LogP contribution in [0.25, 0.3) is 0 Å². The number of hydrogen-bond acceptors (Lipinski definition) is 4. The molecule has 1 amide bonds. The number of hydrogen-bond donors (Lipinski definition) is 1. The van der Waals surface area contributed by atoms with E-state index in [1.807, 2.05) is 20.8 Å². The molecule has 148 valence electrons. The second kappa shape index (κ2) is 7.35. The number of nitrogens with zero attached hydrogens (tertiary/aromatic N) is 2. The van der Waals surface area contributed by atoms with E-state index in [4.69, 9.17) is 9.16 Å². The third-order valence-corrected chi connectivity index (χ3v) is 9.84. The molecule has 2 heterocycles. The number of aromatic nitrogens is 2. The van der Waals surface area contributed by atoms with E-state index >= 15 is 0 Å². The van der Waals surface area contributed by atoms with Gasteiger partial charge in [0.1, 0.15) is 11.4 Å². The van der Waals surface area contributed by atoms with Crippen molar-refractivity contribution in [2.45, 2.75) is 77.7 Å². The van der Waals surface area contributed by atoms with E-state index < -0.39 is 13.9 Å². The van der Waals surface area contributed by atoms with Crippen LogP contribution in [0.1, 0.15) is 59.8 Å². The summed E-state index contributed by atoms with van der Waals surface area (Å²) in [5.74, 6) is 1.09. The Morgan fingerprint density at radius 1 is 1.31 bits per heavy atom. The van der Waals surface area contributed by atoms with E-state index in [0.29, 0.717) is 13.2 Å². The number of nitrogens with one attached hydrogen (secondary N) is 1. The summed E-state index contributed by atoms with van der Waals surface area (Å²) >= 11 is 0. The number of ether oxygens (including phenoxy) is 1. The predicted molar refractivity (Wildman–Crippen MR) is 106 cm³/mol. The molecule has 0 saturated carbocycles. The molecular formula is C19H35N3O3Si. The Kier molecular flexibility index (Phi) is 5.92. The highest BCUT2D eigenvalue weighted by Gasteiger charge is 2.42. The molecule has 1 aromatic rings. The first kappa shape index (κ1) is 21.0. The highest BCUT2D eigenvalue weighted by molar-refractivity contribution is 6.74. The first-order valence-corrected chi connectivity index (χ1v) is 12.3. The Hall–Kier alpha value is -1.34. The van der Waals surface area contributed by atoms with E-state index in [9.17, 15) is 4.79 Å². The van der Waals surface area contributed by atoms with E-state index in [-0.39, 0.29) is 23.1 Å². The quantitative estimate of drug-likeness (QED) is 0.766. The van der Waals surface area contributed by atoms with Crippen LogP contribution < -0.4 is 0 Å². The normalized spacial score (nSPS) is 21.9. The van der Waals surface area contributed by atoms with Crippen LogP contribution in [0, 0.1) is 5.92 Å². The summed E-state index contributed by atoms with van der Waals surface area (Å²) in [5.41, 5.74) is -0.513. The zero-order valence-corrected chi connectivity index (χ0v) is 18.5. The van der Waals surface area contributed by atoms with Crippen LogP contribution in [0.15, 0.2) is 12.4 Å². The lowest BCUT2D eigenvalue weighted by molar-refractivity contribution is 0.0211. The lowest BCUT2D eigenvalue weighted by atomic mass is 10.1. The van der Waals surface area contributed by atoms with E-state index in [1.54, 1.807) is 17.3 Å². The van der Waals surface area contributed by atoms with Crippen LogP contribution in [0.5, 0.6) is 0 Å².